The molecule has 1 aromatic carbocycles. The van der Waals surface area contributed by atoms with Crippen LogP contribution in [0.4, 0.5) is 4.39 Å². The Morgan fingerprint density at radius 2 is 2.04 bits per heavy atom. The van der Waals surface area contributed by atoms with Gasteiger partial charge in [0.1, 0.15) is 5.82 Å². The lowest BCUT2D eigenvalue weighted by Gasteiger charge is -2.48. The van der Waals surface area contributed by atoms with Crippen molar-refractivity contribution < 1.29 is 22.7 Å². The first-order valence-corrected chi connectivity index (χ1v) is 11.0. The molecule has 1 amide bonds. The highest BCUT2D eigenvalue weighted by Crippen LogP contribution is 2.39. The van der Waals surface area contributed by atoms with E-state index in [1.807, 2.05) is 7.05 Å². The molecule has 1 aromatic rings. The molecule has 2 aliphatic heterocycles. The molecule has 7 nitrogen and oxygen atoms in total. The third kappa shape index (κ3) is 4.71. The van der Waals surface area contributed by atoms with Crippen LogP contribution in [-0.4, -0.2) is 75.1 Å². The Bertz CT molecular complexity index is 826. The number of likely N-dealkylation sites (tertiary alicyclic amines) is 2. The molecule has 156 valence electrons. The highest BCUT2D eigenvalue weighted by atomic mass is 32.2. The normalized spacial score (nSPS) is 23.1. The summed E-state index contributed by atoms with van der Waals surface area (Å²) >= 11 is 0. The van der Waals surface area contributed by atoms with Crippen molar-refractivity contribution in [3.8, 4) is 0 Å². The zero-order valence-electron chi connectivity index (χ0n) is 16.3. The SMILES string of the molecule is Cc1cc(S(=O)(=O)NCC(=O)N2CCC3(CC2)CC(O)CN(C)C3)ccc1F. The van der Waals surface area contributed by atoms with Gasteiger partial charge >= 0.3 is 0 Å². The number of benzene rings is 1. The number of carbonyl (C=O) groups is 1. The molecule has 0 aromatic heterocycles. The van der Waals surface area contributed by atoms with E-state index in [1.165, 1.54) is 19.1 Å². The number of sulfonamides is 1. The Labute approximate surface area is 165 Å². The summed E-state index contributed by atoms with van der Waals surface area (Å²) in [7, 11) is -1.89. The Kier molecular flexibility index (Phi) is 6.09. The van der Waals surface area contributed by atoms with E-state index in [4.69, 9.17) is 0 Å². The molecule has 0 saturated carbocycles. The number of hydrogen-bond donors (Lipinski definition) is 2. The van der Waals surface area contributed by atoms with Crippen molar-refractivity contribution in [1.82, 2.24) is 14.5 Å². The van der Waals surface area contributed by atoms with Crippen LogP contribution in [0.5, 0.6) is 0 Å². The third-order valence-corrected chi connectivity index (χ3v) is 7.23. The van der Waals surface area contributed by atoms with Gasteiger partial charge in [0, 0.05) is 26.2 Å². The zero-order chi connectivity index (χ0) is 20.5. The van der Waals surface area contributed by atoms with E-state index >= 15 is 0 Å². The van der Waals surface area contributed by atoms with Crippen LogP contribution in [0, 0.1) is 18.2 Å². The van der Waals surface area contributed by atoms with E-state index in [1.54, 1.807) is 4.90 Å². The van der Waals surface area contributed by atoms with Gasteiger partial charge < -0.3 is 14.9 Å². The fourth-order valence-electron chi connectivity index (χ4n) is 4.35. The van der Waals surface area contributed by atoms with Gasteiger partial charge in [0.2, 0.25) is 15.9 Å². The van der Waals surface area contributed by atoms with Crippen molar-refractivity contribution in [1.29, 1.82) is 0 Å². The minimum absolute atomic E-state index is 0.0222. The van der Waals surface area contributed by atoms with Gasteiger partial charge in [-0.3, -0.25) is 4.79 Å². The molecule has 2 N–H and O–H groups in total. The van der Waals surface area contributed by atoms with Crippen LogP contribution in [0.1, 0.15) is 24.8 Å². The molecular weight excluding hydrogens is 385 g/mol. The van der Waals surface area contributed by atoms with Crippen molar-refractivity contribution in [2.75, 3.05) is 39.8 Å². The zero-order valence-corrected chi connectivity index (χ0v) is 17.1. The van der Waals surface area contributed by atoms with Crippen LogP contribution >= 0.6 is 0 Å². The molecule has 0 bridgehead atoms. The van der Waals surface area contributed by atoms with Crippen molar-refractivity contribution in [2.45, 2.75) is 37.2 Å². The number of nitrogens with one attached hydrogen (secondary N) is 1. The average molecular weight is 414 g/mol. The van der Waals surface area contributed by atoms with Gasteiger partial charge in [0.25, 0.3) is 0 Å². The number of likely N-dealkylation sites (N-methyl/N-ethyl adjacent to an activating group) is 1. The highest BCUT2D eigenvalue weighted by Gasteiger charge is 2.41. The van der Waals surface area contributed by atoms with Gasteiger partial charge in [0.15, 0.2) is 0 Å². The van der Waals surface area contributed by atoms with Gasteiger partial charge in [-0.25, -0.2) is 17.5 Å². The number of piperidine rings is 2. The summed E-state index contributed by atoms with van der Waals surface area (Å²) in [5, 5.41) is 10.1. The first kappa shape index (κ1) is 21.2. The maximum atomic E-state index is 13.3. The molecular formula is C19H28FN3O4S. The number of amides is 1. The van der Waals surface area contributed by atoms with E-state index in [2.05, 4.69) is 9.62 Å². The fourth-order valence-corrected chi connectivity index (χ4v) is 5.41. The van der Waals surface area contributed by atoms with Crippen molar-refractivity contribution >= 4 is 15.9 Å². The number of aryl methyl sites for hydroxylation is 1. The molecule has 0 aliphatic carbocycles. The Hall–Kier alpha value is -1.55. The van der Waals surface area contributed by atoms with Crippen LogP contribution < -0.4 is 4.72 Å². The van der Waals surface area contributed by atoms with Crippen LogP contribution in [0.2, 0.25) is 0 Å². The summed E-state index contributed by atoms with van der Waals surface area (Å²) in [5.74, 6) is -0.752. The number of β-amino-alcohol motifs (C(OH)–C–C–N with tert-alkyl or cyclic N) is 1. The number of aliphatic hydroxyl groups excluding tert-OH is 1. The molecule has 2 fully saturated rings. The molecule has 9 heteroatoms. The van der Waals surface area contributed by atoms with E-state index in [-0.39, 0.29) is 34.4 Å². The second-order valence-corrected chi connectivity index (χ2v) is 9.94. The summed E-state index contributed by atoms with van der Waals surface area (Å²) in [6.45, 7) is 3.85. The molecule has 2 saturated heterocycles. The van der Waals surface area contributed by atoms with Crippen molar-refractivity contribution in [3.63, 3.8) is 0 Å². The monoisotopic (exact) mass is 413 g/mol. The van der Waals surface area contributed by atoms with Gasteiger partial charge in [-0.15, -0.1) is 0 Å². The lowest BCUT2D eigenvalue weighted by molar-refractivity contribution is -0.133. The summed E-state index contributed by atoms with van der Waals surface area (Å²) in [4.78, 5) is 16.2. The minimum Gasteiger partial charge on any atom is -0.392 e. The predicted molar refractivity (Wildman–Crippen MR) is 103 cm³/mol. The maximum Gasteiger partial charge on any atom is 0.241 e. The van der Waals surface area contributed by atoms with Crippen molar-refractivity contribution in [2.24, 2.45) is 5.41 Å². The lowest BCUT2D eigenvalue weighted by atomic mass is 9.72. The molecule has 28 heavy (non-hydrogen) atoms. The molecule has 2 aliphatic rings. The largest absolute Gasteiger partial charge is 0.392 e. The first-order chi connectivity index (χ1) is 13.1. The minimum atomic E-state index is -3.88. The van der Waals surface area contributed by atoms with Crippen LogP contribution in [0.15, 0.2) is 23.1 Å². The predicted octanol–water partition coefficient (Wildman–Crippen LogP) is 0.718. The number of rotatable bonds is 4. The molecule has 0 radical (unpaired) electrons. The first-order valence-electron chi connectivity index (χ1n) is 9.50. The summed E-state index contributed by atoms with van der Waals surface area (Å²) in [6, 6.07) is 3.54. The van der Waals surface area contributed by atoms with Crippen LogP contribution in [-0.2, 0) is 14.8 Å². The van der Waals surface area contributed by atoms with Gasteiger partial charge in [-0.1, -0.05) is 0 Å². The smallest absolute Gasteiger partial charge is 0.241 e. The molecule has 1 atom stereocenters. The molecule has 2 heterocycles. The Morgan fingerprint density at radius 1 is 1.36 bits per heavy atom. The lowest BCUT2D eigenvalue weighted by Crippen LogP contribution is -2.54. The van der Waals surface area contributed by atoms with E-state index < -0.39 is 15.8 Å². The molecule has 1 unspecified atom stereocenters. The number of nitrogens with zero attached hydrogens (tertiary/aromatic N) is 2. The number of aliphatic hydroxyl groups is 1. The standard InChI is InChI=1S/C19H28FN3O4S/c1-14-9-16(3-4-17(14)20)28(26,27)21-11-18(25)23-7-5-19(6-8-23)10-15(24)12-22(2)13-19/h3-4,9,15,21,24H,5-8,10-13H2,1-2H3. The van der Waals surface area contributed by atoms with E-state index in [0.29, 0.717) is 19.6 Å². The van der Waals surface area contributed by atoms with Crippen LogP contribution in [0.25, 0.3) is 0 Å². The average Bonchev–Trinajstić information content (AvgIpc) is 2.61. The highest BCUT2D eigenvalue weighted by molar-refractivity contribution is 7.89. The summed E-state index contributed by atoms with van der Waals surface area (Å²) < 4.78 is 40.4. The number of carbonyl (C=O) groups excluding carboxylic acids is 1. The summed E-state index contributed by atoms with van der Waals surface area (Å²) in [6.07, 6.45) is 2.00. The number of hydrogen-bond acceptors (Lipinski definition) is 5. The second-order valence-electron chi connectivity index (χ2n) is 8.17. The topological polar surface area (TPSA) is 90.0 Å². The Balaban J connectivity index is 1.55. The quantitative estimate of drug-likeness (QED) is 0.759. The van der Waals surface area contributed by atoms with E-state index in [9.17, 15) is 22.7 Å². The second kappa shape index (κ2) is 8.06. The van der Waals surface area contributed by atoms with Crippen molar-refractivity contribution in [3.05, 3.63) is 29.6 Å². The van der Waals surface area contributed by atoms with Crippen LogP contribution in [0.3, 0.4) is 0 Å². The van der Waals surface area contributed by atoms with Gasteiger partial charge in [0.05, 0.1) is 17.5 Å². The van der Waals surface area contributed by atoms with E-state index in [0.717, 1.165) is 31.9 Å². The molecule has 3 rings (SSSR count). The fraction of sp³-hybridized carbons (Fsp3) is 0.632. The Morgan fingerprint density at radius 3 is 2.64 bits per heavy atom. The molecule has 1 spiro atoms. The number of halogens is 1. The summed E-state index contributed by atoms with van der Waals surface area (Å²) in [5.41, 5.74) is 0.254. The third-order valence-electron chi connectivity index (χ3n) is 5.83. The van der Waals surface area contributed by atoms with Gasteiger partial charge in [-0.05, 0) is 62.4 Å². The maximum absolute atomic E-state index is 13.3. The van der Waals surface area contributed by atoms with Gasteiger partial charge in [-0.2, -0.15) is 0 Å².